The Labute approximate surface area is 268 Å². The molecule has 0 amide bonds. The predicted octanol–water partition coefficient (Wildman–Crippen LogP) is 11.4. The van der Waals surface area contributed by atoms with Gasteiger partial charge in [-0.05, 0) is 101 Å². The third-order valence-electron chi connectivity index (χ3n) is 8.80. The Balaban J connectivity index is 1.20. The molecule has 0 aliphatic heterocycles. The highest BCUT2D eigenvalue weighted by Crippen LogP contribution is 2.39. The topological polar surface area (TPSA) is 22.8 Å². The minimum Gasteiger partial charge on any atom is -0.309 e. The van der Waals surface area contributed by atoms with Crippen molar-refractivity contribution in [1.29, 1.82) is 0 Å². The van der Waals surface area contributed by atoms with Gasteiger partial charge >= 0.3 is 0 Å². The van der Waals surface area contributed by atoms with E-state index in [4.69, 9.17) is 0 Å². The summed E-state index contributed by atoms with van der Waals surface area (Å²) in [6, 6.07) is 54.3. The van der Waals surface area contributed by atoms with Crippen molar-refractivity contribution in [2.45, 2.75) is 0 Å². The number of hydrogen-bond donors (Lipinski definition) is 0. The molecule has 0 fully saturated rings. The van der Waals surface area contributed by atoms with Gasteiger partial charge in [0, 0.05) is 37.9 Å². The first-order chi connectivity index (χ1) is 22.2. The van der Waals surface area contributed by atoms with E-state index in [9.17, 15) is 0 Å². The third kappa shape index (κ3) is 4.21. The maximum Gasteiger partial charge on any atom is 0.137 e. The first-order valence-electron chi connectivity index (χ1n) is 15.1. The number of rotatable bonds is 4. The highest BCUT2D eigenvalue weighted by Gasteiger charge is 2.16. The van der Waals surface area contributed by atoms with Gasteiger partial charge in [-0.1, -0.05) is 88.7 Å². The van der Waals surface area contributed by atoms with Crippen molar-refractivity contribution in [1.82, 2.24) is 14.1 Å². The van der Waals surface area contributed by atoms with E-state index in [1.54, 1.807) is 0 Å². The van der Waals surface area contributed by atoms with E-state index in [1.165, 1.54) is 60.5 Å². The second-order valence-corrected chi connectivity index (χ2v) is 12.3. The molecule has 3 heterocycles. The zero-order valence-electron chi connectivity index (χ0n) is 24.2. The first kappa shape index (κ1) is 26.0. The lowest BCUT2D eigenvalue weighted by molar-refractivity contribution is 1.08. The van der Waals surface area contributed by atoms with Gasteiger partial charge in [0.05, 0.1) is 22.1 Å². The van der Waals surface area contributed by atoms with Crippen LogP contribution in [-0.4, -0.2) is 14.1 Å². The number of aromatic nitrogens is 3. The Bertz CT molecular complexity index is 2370. The number of nitrogens with zero attached hydrogens (tertiary/aromatic N) is 3. The summed E-state index contributed by atoms with van der Waals surface area (Å²) in [4.78, 5) is 4.67. The largest absolute Gasteiger partial charge is 0.309 e. The van der Waals surface area contributed by atoms with Gasteiger partial charge < -0.3 is 4.57 Å². The highest BCUT2D eigenvalue weighted by atomic mass is 79.9. The minimum absolute atomic E-state index is 0.921. The molecule has 0 aliphatic carbocycles. The van der Waals surface area contributed by atoms with E-state index in [2.05, 4.69) is 170 Å². The summed E-state index contributed by atoms with van der Waals surface area (Å²) in [7, 11) is 0. The fraction of sp³-hybridized carbons (Fsp3) is 0. The Kier molecular flexibility index (Phi) is 5.97. The number of para-hydroxylation sites is 3. The molecule has 212 valence electrons. The lowest BCUT2D eigenvalue weighted by Crippen LogP contribution is -1.96. The zero-order chi connectivity index (χ0) is 29.9. The van der Waals surface area contributed by atoms with Crippen molar-refractivity contribution in [2.75, 3.05) is 0 Å². The molecule has 3 nitrogen and oxygen atoms in total. The van der Waals surface area contributed by atoms with E-state index in [-0.39, 0.29) is 0 Å². The maximum atomic E-state index is 4.67. The van der Waals surface area contributed by atoms with Crippen molar-refractivity contribution in [3.8, 4) is 33.8 Å². The van der Waals surface area contributed by atoms with Crippen molar-refractivity contribution >= 4 is 59.5 Å². The van der Waals surface area contributed by atoms with Crippen molar-refractivity contribution in [3.63, 3.8) is 0 Å². The van der Waals surface area contributed by atoms with Gasteiger partial charge in [0.2, 0.25) is 0 Å². The first-order valence-corrected chi connectivity index (χ1v) is 15.9. The minimum atomic E-state index is 0.921. The maximum absolute atomic E-state index is 4.67. The molecule has 0 atom stereocenters. The third-order valence-corrected chi connectivity index (χ3v) is 9.26. The average molecular weight is 641 g/mol. The molecule has 0 unspecified atom stereocenters. The molecule has 45 heavy (non-hydrogen) atoms. The fourth-order valence-corrected chi connectivity index (χ4v) is 7.31. The zero-order valence-corrected chi connectivity index (χ0v) is 25.8. The summed E-state index contributed by atoms with van der Waals surface area (Å²) < 4.78 is 5.66. The van der Waals surface area contributed by atoms with Gasteiger partial charge in [-0.15, -0.1) is 0 Å². The van der Waals surface area contributed by atoms with Gasteiger partial charge in [0.25, 0.3) is 0 Å². The molecule has 9 rings (SSSR count). The molecule has 0 saturated carbocycles. The molecule has 0 spiro atoms. The number of benzene rings is 6. The number of hydrogen-bond acceptors (Lipinski definition) is 1. The van der Waals surface area contributed by atoms with Crippen molar-refractivity contribution in [2.24, 2.45) is 0 Å². The van der Waals surface area contributed by atoms with E-state index in [0.717, 1.165) is 21.3 Å². The molecule has 3 aromatic heterocycles. The number of fused-ring (bicyclic) bond motifs is 6. The van der Waals surface area contributed by atoms with Gasteiger partial charge in [0.15, 0.2) is 0 Å². The summed E-state index contributed by atoms with van der Waals surface area (Å²) >= 11 is 3.84. The van der Waals surface area contributed by atoms with Crippen molar-refractivity contribution in [3.05, 3.63) is 162 Å². The van der Waals surface area contributed by atoms with Crippen LogP contribution in [0.4, 0.5) is 0 Å². The lowest BCUT2D eigenvalue weighted by Gasteiger charge is -2.10. The molecular weight excluding hydrogens is 614 g/mol. The Morgan fingerprint density at radius 3 is 1.56 bits per heavy atom. The van der Waals surface area contributed by atoms with Crippen LogP contribution in [0.5, 0.6) is 0 Å². The van der Waals surface area contributed by atoms with Crippen LogP contribution in [0.15, 0.2) is 162 Å². The number of pyridine rings is 1. The van der Waals surface area contributed by atoms with E-state index < -0.39 is 0 Å². The summed E-state index contributed by atoms with van der Waals surface area (Å²) in [5.74, 6) is 0.921. The average Bonchev–Trinajstić information content (AvgIpc) is 3.61. The summed E-state index contributed by atoms with van der Waals surface area (Å²) in [6.07, 6.45) is 1.85. The van der Waals surface area contributed by atoms with Gasteiger partial charge in [-0.25, -0.2) is 4.98 Å². The molecular formula is C41H26BrN3. The lowest BCUT2D eigenvalue weighted by atomic mass is 9.97. The molecule has 4 heteroatoms. The highest BCUT2D eigenvalue weighted by molar-refractivity contribution is 9.10. The van der Waals surface area contributed by atoms with E-state index >= 15 is 0 Å². The SMILES string of the molecule is Brc1cc(-c2ccc3c(c2)c2ccccc2n3-c2ccccc2)cc(-c2ccc3c(c2)c2ccccc2n3-c2ccccn2)c1. The second kappa shape index (κ2) is 10.3. The number of halogens is 1. The summed E-state index contributed by atoms with van der Waals surface area (Å²) in [6.45, 7) is 0. The standard InChI is InChI=1S/C41H26BrN3/c42-31-23-29(27-17-19-39-35(25-27)33-12-4-6-14-37(33)44(39)32-10-2-1-3-11-32)22-30(24-31)28-18-20-40-36(26-28)34-13-5-7-15-38(34)45(40)41-16-8-9-21-43-41/h1-26H. The van der Waals surface area contributed by atoms with Gasteiger partial charge in [0.1, 0.15) is 5.82 Å². The molecule has 6 aromatic carbocycles. The van der Waals surface area contributed by atoms with E-state index in [1.807, 2.05) is 18.3 Å². The summed E-state index contributed by atoms with van der Waals surface area (Å²) in [5, 5.41) is 4.93. The molecule has 0 N–H and O–H groups in total. The predicted molar refractivity (Wildman–Crippen MR) is 191 cm³/mol. The molecule has 9 aromatic rings. The molecule has 0 radical (unpaired) electrons. The van der Waals surface area contributed by atoms with Crippen LogP contribution in [0, 0.1) is 0 Å². The van der Waals surface area contributed by atoms with E-state index in [0.29, 0.717) is 0 Å². The van der Waals surface area contributed by atoms with Crippen LogP contribution in [-0.2, 0) is 0 Å². The Morgan fingerprint density at radius 1 is 0.400 bits per heavy atom. The van der Waals surface area contributed by atoms with Crippen LogP contribution in [0.3, 0.4) is 0 Å². The van der Waals surface area contributed by atoms with Gasteiger partial charge in [-0.3, -0.25) is 4.57 Å². The molecule has 0 bridgehead atoms. The van der Waals surface area contributed by atoms with Crippen LogP contribution in [0.25, 0.3) is 77.4 Å². The monoisotopic (exact) mass is 639 g/mol. The van der Waals surface area contributed by atoms with Crippen molar-refractivity contribution < 1.29 is 0 Å². The van der Waals surface area contributed by atoms with Crippen LogP contribution < -0.4 is 0 Å². The van der Waals surface area contributed by atoms with Gasteiger partial charge in [-0.2, -0.15) is 0 Å². The van der Waals surface area contributed by atoms with Crippen LogP contribution >= 0.6 is 15.9 Å². The smallest absolute Gasteiger partial charge is 0.137 e. The normalized spacial score (nSPS) is 11.7. The fourth-order valence-electron chi connectivity index (χ4n) is 6.82. The Hall–Kier alpha value is -5.45. The molecule has 0 saturated heterocycles. The Morgan fingerprint density at radius 2 is 0.933 bits per heavy atom. The molecule has 0 aliphatic rings. The summed E-state index contributed by atoms with van der Waals surface area (Å²) in [5.41, 5.74) is 10.6. The van der Waals surface area contributed by atoms with Crippen LogP contribution in [0.1, 0.15) is 0 Å². The van der Waals surface area contributed by atoms with Crippen LogP contribution in [0.2, 0.25) is 0 Å². The second-order valence-electron chi connectivity index (χ2n) is 11.4. The quantitative estimate of drug-likeness (QED) is 0.188.